The molecule has 1 N–H and O–H groups in total. The summed E-state index contributed by atoms with van der Waals surface area (Å²) in [5.74, 6) is 1.19. The molecule has 192 valence electrons. The zero-order chi connectivity index (χ0) is 26.5. The maximum Gasteiger partial charge on any atom is 0.325 e. The van der Waals surface area contributed by atoms with Crippen LogP contribution < -0.4 is 14.8 Å². The molecule has 0 aliphatic carbocycles. The first-order chi connectivity index (χ1) is 18.5. The molecule has 38 heavy (non-hydrogen) atoms. The molecule has 7 nitrogen and oxygen atoms in total. The normalized spacial score (nSPS) is 14.9. The zero-order valence-corrected chi connectivity index (χ0v) is 21.9. The molecule has 1 aliphatic heterocycles. The molecule has 2 heterocycles. The van der Waals surface area contributed by atoms with Crippen LogP contribution in [0.25, 0.3) is 0 Å². The second-order valence-corrected chi connectivity index (χ2v) is 10.0. The Morgan fingerprint density at radius 1 is 0.947 bits per heavy atom. The van der Waals surface area contributed by atoms with Crippen molar-refractivity contribution in [3.8, 4) is 11.5 Å². The van der Waals surface area contributed by atoms with Crippen molar-refractivity contribution in [3.05, 3.63) is 114 Å². The second kappa shape index (κ2) is 11.4. The number of amides is 3. The van der Waals surface area contributed by atoms with Crippen LogP contribution in [0.1, 0.15) is 28.3 Å². The van der Waals surface area contributed by atoms with E-state index in [2.05, 4.69) is 29.4 Å². The maximum absolute atomic E-state index is 13.3. The lowest BCUT2D eigenvalue weighted by molar-refractivity contribution is -0.128. The molecular formula is C30H27N3O4S. The Balaban J connectivity index is 1.26. The van der Waals surface area contributed by atoms with Gasteiger partial charge in [0.05, 0.1) is 13.7 Å². The minimum Gasteiger partial charge on any atom is -0.497 e. The molecule has 1 unspecified atom stereocenters. The first kappa shape index (κ1) is 25.4. The highest BCUT2D eigenvalue weighted by molar-refractivity contribution is 7.99. The fourth-order valence-electron chi connectivity index (χ4n) is 4.20. The number of ether oxygens (including phenoxy) is 2. The number of nitrogens with zero attached hydrogens (tertiary/aromatic N) is 2. The van der Waals surface area contributed by atoms with E-state index in [9.17, 15) is 9.59 Å². The molecule has 1 saturated heterocycles. The van der Waals surface area contributed by atoms with Gasteiger partial charge in [-0.3, -0.25) is 14.7 Å². The SMILES string of the molecule is COc1ccc(CN2C(=O)NC(c3cnccc3Sc3ccc(OCc4cccc(C)c4)cc3)C2=O)cc1. The average molecular weight is 526 g/mol. The van der Waals surface area contributed by atoms with Gasteiger partial charge in [0, 0.05) is 27.7 Å². The molecular weight excluding hydrogens is 498 g/mol. The van der Waals surface area contributed by atoms with Crippen molar-refractivity contribution in [1.82, 2.24) is 15.2 Å². The number of aromatic nitrogens is 1. The number of methoxy groups -OCH3 is 1. The molecule has 0 bridgehead atoms. The highest BCUT2D eigenvalue weighted by Gasteiger charge is 2.40. The van der Waals surface area contributed by atoms with Crippen molar-refractivity contribution in [3.63, 3.8) is 0 Å². The van der Waals surface area contributed by atoms with Crippen LogP contribution >= 0.6 is 11.8 Å². The molecule has 1 aliphatic rings. The number of benzene rings is 3. The molecule has 1 atom stereocenters. The first-order valence-electron chi connectivity index (χ1n) is 12.1. The number of carbonyl (C=O) groups is 2. The van der Waals surface area contributed by atoms with E-state index >= 15 is 0 Å². The number of carbonyl (C=O) groups excluding carboxylic acids is 2. The van der Waals surface area contributed by atoms with Gasteiger partial charge in [-0.15, -0.1) is 0 Å². The van der Waals surface area contributed by atoms with Crippen LogP contribution in [0.3, 0.4) is 0 Å². The molecule has 1 fully saturated rings. The third-order valence-corrected chi connectivity index (χ3v) is 7.29. The van der Waals surface area contributed by atoms with Crippen molar-refractivity contribution in [1.29, 1.82) is 0 Å². The smallest absolute Gasteiger partial charge is 0.325 e. The van der Waals surface area contributed by atoms with Crippen LogP contribution in [0, 0.1) is 6.92 Å². The van der Waals surface area contributed by atoms with Gasteiger partial charge >= 0.3 is 6.03 Å². The number of imide groups is 1. The lowest BCUT2D eigenvalue weighted by atomic mass is 10.1. The lowest BCUT2D eigenvalue weighted by Gasteiger charge is -2.15. The summed E-state index contributed by atoms with van der Waals surface area (Å²) in [5.41, 5.74) is 3.81. The Hall–Kier alpha value is -4.30. The summed E-state index contributed by atoms with van der Waals surface area (Å²) in [7, 11) is 1.59. The number of nitrogens with one attached hydrogen (secondary N) is 1. The predicted octanol–water partition coefficient (Wildman–Crippen LogP) is 5.92. The topological polar surface area (TPSA) is 80.8 Å². The zero-order valence-electron chi connectivity index (χ0n) is 21.1. The standard InChI is InChI=1S/C30H27N3O4S/c1-20-4-3-5-22(16-20)19-37-24-10-12-25(13-11-24)38-27-14-15-31-17-26(27)28-29(34)33(30(35)32-28)18-21-6-8-23(36-2)9-7-21/h3-17,28H,18-19H2,1-2H3,(H,32,35). The third-order valence-electron chi connectivity index (χ3n) is 6.19. The number of aryl methyl sites for hydroxylation is 1. The Morgan fingerprint density at radius 2 is 1.71 bits per heavy atom. The van der Waals surface area contributed by atoms with Gasteiger partial charge in [0.15, 0.2) is 0 Å². The highest BCUT2D eigenvalue weighted by Crippen LogP contribution is 2.36. The summed E-state index contributed by atoms with van der Waals surface area (Å²) in [4.78, 5) is 33.3. The van der Waals surface area contributed by atoms with Gasteiger partial charge in [-0.25, -0.2) is 4.79 Å². The molecule has 0 spiro atoms. The Morgan fingerprint density at radius 3 is 2.45 bits per heavy atom. The van der Waals surface area contributed by atoms with Crippen LogP contribution in [0.15, 0.2) is 101 Å². The van der Waals surface area contributed by atoms with Crippen molar-refractivity contribution < 1.29 is 19.1 Å². The number of hydrogen-bond acceptors (Lipinski definition) is 6. The van der Waals surface area contributed by atoms with Gasteiger partial charge in [0.2, 0.25) is 0 Å². The minimum absolute atomic E-state index is 0.178. The van der Waals surface area contributed by atoms with Gasteiger partial charge in [0.25, 0.3) is 5.91 Å². The number of rotatable bonds is 9. The number of urea groups is 1. The van der Waals surface area contributed by atoms with Crippen LogP contribution in [0.5, 0.6) is 11.5 Å². The number of pyridine rings is 1. The van der Waals surface area contributed by atoms with E-state index in [0.717, 1.165) is 26.7 Å². The van der Waals surface area contributed by atoms with Crippen LogP contribution in [0.2, 0.25) is 0 Å². The van der Waals surface area contributed by atoms with Gasteiger partial charge < -0.3 is 14.8 Å². The van der Waals surface area contributed by atoms with Crippen LogP contribution in [-0.4, -0.2) is 28.9 Å². The Labute approximate surface area is 225 Å². The van der Waals surface area contributed by atoms with Crippen molar-refractivity contribution in [2.45, 2.75) is 35.9 Å². The first-order valence-corrected chi connectivity index (χ1v) is 13.0. The lowest BCUT2D eigenvalue weighted by Crippen LogP contribution is -2.30. The molecule has 3 aromatic carbocycles. The molecule has 4 aromatic rings. The Kier molecular flexibility index (Phi) is 7.60. The molecule has 0 radical (unpaired) electrons. The van der Waals surface area contributed by atoms with Crippen molar-refractivity contribution >= 4 is 23.7 Å². The molecule has 1 aromatic heterocycles. The van der Waals surface area contributed by atoms with E-state index in [1.165, 1.54) is 22.2 Å². The summed E-state index contributed by atoms with van der Waals surface area (Å²) < 4.78 is 11.1. The number of hydrogen-bond donors (Lipinski definition) is 1. The minimum atomic E-state index is -0.797. The van der Waals surface area contributed by atoms with E-state index in [1.807, 2.05) is 54.6 Å². The monoisotopic (exact) mass is 525 g/mol. The predicted molar refractivity (Wildman–Crippen MR) is 145 cm³/mol. The van der Waals surface area contributed by atoms with Gasteiger partial charge in [-0.05, 0) is 60.5 Å². The largest absolute Gasteiger partial charge is 0.497 e. The third kappa shape index (κ3) is 5.81. The van der Waals surface area contributed by atoms with E-state index in [-0.39, 0.29) is 12.5 Å². The fourth-order valence-corrected chi connectivity index (χ4v) is 5.14. The maximum atomic E-state index is 13.3. The van der Waals surface area contributed by atoms with E-state index in [0.29, 0.717) is 17.9 Å². The molecule has 8 heteroatoms. The van der Waals surface area contributed by atoms with E-state index in [4.69, 9.17) is 9.47 Å². The summed E-state index contributed by atoms with van der Waals surface area (Å²) >= 11 is 1.51. The average Bonchev–Trinajstić information content (AvgIpc) is 3.21. The van der Waals surface area contributed by atoms with E-state index < -0.39 is 12.1 Å². The quantitative estimate of drug-likeness (QED) is 0.273. The van der Waals surface area contributed by atoms with Gasteiger partial charge in [-0.2, -0.15) is 0 Å². The summed E-state index contributed by atoms with van der Waals surface area (Å²) in [6, 6.07) is 24.0. The highest BCUT2D eigenvalue weighted by atomic mass is 32.2. The molecule has 5 rings (SSSR count). The van der Waals surface area contributed by atoms with Crippen LogP contribution in [-0.2, 0) is 17.9 Å². The fraction of sp³-hybridized carbons (Fsp3) is 0.167. The summed E-state index contributed by atoms with van der Waals surface area (Å²) in [6.45, 7) is 2.74. The van der Waals surface area contributed by atoms with Crippen molar-refractivity contribution in [2.75, 3.05) is 7.11 Å². The molecule has 3 amide bonds. The summed E-state index contributed by atoms with van der Waals surface area (Å²) in [5, 5.41) is 2.82. The summed E-state index contributed by atoms with van der Waals surface area (Å²) in [6.07, 6.45) is 3.32. The second-order valence-electron chi connectivity index (χ2n) is 8.92. The van der Waals surface area contributed by atoms with Gasteiger partial charge in [0.1, 0.15) is 24.1 Å². The van der Waals surface area contributed by atoms with E-state index in [1.54, 1.807) is 31.6 Å². The van der Waals surface area contributed by atoms with Crippen LogP contribution in [0.4, 0.5) is 4.79 Å². The van der Waals surface area contributed by atoms with Gasteiger partial charge in [-0.1, -0.05) is 53.7 Å². The molecule has 0 saturated carbocycles. The Bertz CT molecular complexity index is 1440. The van der Waals surface area contributed by atoms with Crippen molar-refractivity contribution in [2.24, 2.45) is 0 Å².